The Morgan fingerprint density at radius 2 is 1.95 bits per heavy atom. The lowest BCUT2D eigenvalue weighted by Crippen LogP contribution is -2.27. The van der Waals surface area contributed by atoms with E-state index in [4.69, 9.17) is 0 Å². The smallest absolute Gasteiger partial charge is 0.131 e. The van der Waals surface area contributed by atoms with Crippen molar-refractivity contribution in [2.45, 2.75) is 50.3 Å². The van der Waals surface area contributed by atoms with Crippen LogP contribution >= 0.6 is 11.8 Å². The van der Waals surface area contributed by atoms with Gasteiger partial charge < -0.3 is 10.6 Å². The molecule has 1 aromatic heterocycles. The molecular formula is C14H24N4S. The van der Waals surface area contributed by atoms with Gasteiger partial charge in [0, 0.05) is 23.9 Å². The van der Waals surface area contributed by atoms with Gasteiger partial charge >= 0.3 is 0 Å². The maximum atomic E-state index is 4.31. The minimum atomic E-state index is 0.567. The Balaban J connectivity index is 1.85. The van der Waals surface area contributed by atoms with Crippen molar-refractivity contribution >= 4 is 23.4 Å². The molecule has 1 aliphatic rings. The first-order valence-electron chi connectivity index (χ1n) is 7.17. The molecule has 0 bridgehead atoms. The lowest BCUT2D eigenvalue weighted by molar-refractivity contribution is 0.472. The van der Waals surface area contributed by atoms with E-state index in [1.54, 1.807) is 6.33 Å². The molecule has 2 rings (SSSR count). The molecule has 0 amide bonds. The molecule has 4 nitrogen and oxygen atoms in total. The van der Waals surface area contributed by atoms with Crippen LogP contribution in [0.2, 0.25) is 0 Å². The van der Waals surface area contributed by atoms with Gasteiger partial charge in [-0.05, 0) is 38.4 Å². The van der Waals surface area contributed by atoms with E-state index in [1.165, 1.54) is 25.7 Å². The summed E-state index contributed by atoms with van der Waals surface area (Å²) in [5.41, 5.74) is 0. The van der Waals surface area contributed by atoms with Crippen LogP contribution in [0.15, 0.2) is 12.4 Å². The Morgan fingerprint density at radius 3 is 2.63 bits per heavy atom. The molecule has 0 spiro atoms. The van der Waals surface area contributed by atoms with Gasteiger partial charge in [-0.2, -0.15) is 11.8 Å². The van der Waals surface area contributed by atoms with Crippen molar-refractivity contribution in [3.05, 3.63) is 12.4 Å². The summed E-state index contributed by atoms with van der Waals surface area (Å²) in [7, 11) is 0. The van der Waals surface area contributed by atoms with E-state index in [2.05, 4.69) is 33.8 Å². The van der Waals surface area contributed by atoms with Crippen molar-refractivity contribution < 1.29 is 0 Å². The van der Waals surface area contributed by atoms with Crippen molar-refractivity contribution in [1.29, 1.82) is 0 Å². The zero-order valence-corrected chi connectivity index (χ0v) is 12.7. The summed E-state index contributed by atoms with van der Waals surface area (Å²) >= 11 is 2.00. The van der Waals surface area contributed by atoms with E-state index in [0.29, 0.717) is 6.04 Å². The average molecular weight is 280 g/mol. The first-order valence-corrected chi connectivity index (χ1v) is 8.46. The molecule has 2 N–H and O–H groups in total. The molecule has 0 aliphatic heterocycles. The number of hydrogen-bond acceptors (Lipinski definition) is 5. The van der Waals surface area contributed by atoms with Gasteiger partial charge in [-0.15, -0.1) is 0 Å². The molecule has 1 aliphatic carbocycles. The lowest BCUT2D eigenvalue weighted by atomic mass is 9.95. The number of rotatable bonds is 6. The summed E-state index contributed by atoms with van der Waals surface area (Å²) in [6.45, 7) is 3.10. The van der Waals surface area contributed by atoms with Gasteiger partial charge in [0.1, 0.15) is 18.0 Å². The predicted octanol–water partition coefficient (Wildman–Crippen LogP) is 3.38. The molecule has 1 aromatic rings. The highest BCUT2D eigenvalue weighted by molar-refractivity contribution is 7.99. The third kappa shape index (κ3) is 4.56. The Bertz CT molecular complexity index is 377. The lowest BCUT2D eigenvalue weighted by Gasteiger charge is -2.28. The van der Waals surface area contributed by atoms with Gasteiger partial charge in [-0.25, -0.2) is 9.97 Å². The summed E-state index contributed by atoms with van der Waals surface area (Å²) in [4.78, 5) is 8.54. The van der Waals surface area contributed by atoms with E-state index < -0.39 is 0 Å². The topological polar surface area (TPSA) is 49.8 Å². The summed E-state index contributed by atoms with van der Waals surface area (Å²) in [6.07, 6.45) is 10.1. The van der Waals surface area contributed by atoms with Gasteiger partial charge in [-0.1, -0.05) is 6.92 Å². The van der Waals surface area contributed by atoms with Crippen molar-refractivity contribution in [3.8, 4) is 0 Å². The van der Waals surface area contributed by atoms with Crippen LogP contribution in [0.25, 0.3) is 0 Å². The Kier molecular flexibility index (Phi) is 5.76. The van der Waals surface area contributed by atoms with Crippen molar-refractivity contribution in [1.82, 2.24) is 9.97 Å². The second kappa shape index (κ2) is 7.58. The number of nitrogens with one attached hydrogen (secondary N) is 2. The highest BCUT2D eigenvalue weighted by Crippen LogP contribution is 2.28. The number of hydrogen-bond donors (Lipinski definition) is 2. The third-order valence-electron chi connectivity index (χ3n) is 3.58. The molecule has 5 heteroatoms. The molecule has 0 atom stereocenters. The van der Waals surface area contributed by atoms with Crippen LogP contribution in [-0.2, 0) is 0 Å². The average Bonchev–Trinajstić information content (AvgIpc) is 2.46. The maximum Gasteiger partial charge on any atom is 0.131 e. The number of thioether (sulfide) groups is 1. The second-order valence-electron chi connectivity index (χ2n) is 5.07. The third-order valence-corrected chi connectivity index (χ3v) is 4.72. The number of anilines is 2. The van der Waals surface area contributed by atoms with Crippen molar-refractivity contribution in [3.63, 3.8) is 0 Å². The molecule has 0 saturated heterocycles. The van der Waals surface area contributed by atoms with E-state index in [9.17, 15) is 0 Å². The fourth-order valence-electron chi connectivity index (χ4n) is 2.44. The molecule has 0 unspecified atom stereocenters. The van der Waals surface area contributed by atoms with Crippen LogP contribution in [-0.4, -0.2) is 34.1 Å². The molecule has 0 radical (unpaired) electrons. The Morgan fingerprint density at radius 1 is 1.21 bits per heavy atom. The standard InChI is InChI=1S/C14H24N4S/c1-3-8-15-13-9-14(17-10-16-13)18-11-4-6-12(19-2)7-5-11/h9-12H,3-8H2,1-2H3,(H2,15,16,17,18). The minimum absolute atomic E-state index is 0.567. The van der Waals surface area contributed by atoms with Crippen LogP contribution < -0.4 is 10.6 Å². The van der Waals surface area contributed by atoms with Crippen LogP contribution in [0, 0.1) is 0 Å². The van der Waals surface area contributed by atoms with Crippen LogP contribution in [0.5, 0.6) is 0 Å². The summed E-state index contributed by atoms with van der Waals surface area (Å²) in [5.74, 6) is 1.86. The second-order valence-corrected chi connectivity index (χ2v) is 6.21. The van der Waals surface area contributed by atoms with Gasteiger partial charge in [0.05, 0.1) is 0 Å². The summed E-state index contributed by atoms with van der Waals surface area (Å²) in [5, 5.41) is 7.69. The molecule has 19 heavy (non-hydrogen) atoms. The molecule has 1 fully saturated rings. The van der Waals surface area contributed by atoms with E-state index in [1.807, 2.05) is 17.8 Å². The van der Waals surface area contributed by atoms with Gasteiger partial charge in [0.2, 0.25) is 0 Å². The Hall–Kier alpha value is -0.970. The normalized spacial score (nSPS) is 23.1. The largest absolute Gasteiger partial charge is 0.370 e. The van der Waals surface area contributed by atoms with Gasteiger partial charge in [0.15, 0.2) is 0 Å². The minimum Gasteiger partial charge on any atom is -0.370 e. The van der Waals surface area contributed by atoms with E-state index in [-0.39, 0.29) is 0 Å². The summed E-state index contributed by atoms with van der Waals surface area (Å²) < 4.78 is 0. The fraction of sp³-hybridized carbons (Fsp3) is 0.714. The molecule has 0 aromatic carbocycles. The highest BCUT2D eigenvalue weighted by atomic mass is 32.2. The zero-order chi connectivity index (χ0) is 13.5. The molecule has 1 heterocycles. The molecule has 1 saturated carbocycles. The SMILES string of the molecule is CCCNc1cc(NC2CCC(SC)CC2)ncn1. The highest BCUT2D eigenvalue weighted by Gasteiger charge is 2.20. The first-order chi connectivity index (χ1) is 9.31. The van der Waals surface area contributed by atoms with Crippen LogP contribution in [0.1, 0.15) is 39.0 Å². The van der Waals surface area contributed by atoms with Gasteiger partial charge in [-0.3, -0.25) is 0 Å². The van der Waals surface area contributed by atoms with Crippen LogP contribution in [0.3, 0.4) is 0 Å². The predicted molar refractivity (Wildman–Crippen MR) is 84.0 cm³/mol. The van der Waals surface area contributed by atoms with Crippen molar-refractivity contribution in [2.24, 2.45) is 0 Å². The number of aromatic nitrogens is 2. The van der Waals surface area contributed by atoms with E-state index >= 15 is 0 Å². The fourth-order valence-corrected chi connectivity index (χ4v) is 3.18. The summed E-state index contributed by atoms with van der Waals surface area (Å²) in [6, 6.07) is 2.58. The monoisotopic (exact) mass is 280 g/mol. The quantitative estimate of drug-likeness (QED) is 0.836. The first kappa shape index (κ1) is 14.4. The van der Waals surface area contributed by atoms with Gasteiger partial charge in [0.25, 0.3) is 0 Å². The number of nitrogens with zero attached hydrogens (tertiary/aromatic N) is 2. The van der Waals surface area contributed by atoms with Crippen molar-refractivity contribution in [2.75, 3.05) is 23.4 Å². The Labute approximate surface area is 120 Å². The van der Waals surface area contributed by atoms with Crippen LogP contribution in [0.4, 0.5) is 11.6 Å². The van der Waals surface area contributed by atoms with E-state index in [0.717, 1.165) is 29.9 Å². The maximum absolute atomic E-state index is 4.31. The molecule has 106 valence electrons. The molecular weight excluding hydrogens is 256 g/mol. The zero-order valence-electron chi connectivity index (χ0n) is 11.9.